The molecule has 114 valence electrons. The maximum Gasteiger partial charge on any atom is 0.237 e. The number of nitrogens with one attached hydrogen (secondary N) is 1. The van der Waals surface area contributed by atoms with Crippen molar-refractivity contribution in [2.75, 3.05) is 26.2 Å². The first-order chi connectivity index (χ1) is 10.2. The van der Waals surface area contributed by atoms with Crippen LogP contribution in [-0.4, -0.2) is 59.0 Å². The van der Waals surface area contributed by atoms with Crippen LogP contribution in [0.15, 0.2) is 24.5 Å². The topological polar surface area (TPSA) is 48.5 Å². The molecule has 1 saturated carbocycles. The number of hydrogen-bond donors (Lipinski definition) is 1. The number of aromatic nitrogens is 1. The minimum atomic E-state index is -0.00820. The molecule has 2 heterocycles. The standard InChI is InChI=1S/C16H24N4O/c1-13(16(21)18-15-4-5-15)20-9-7-19(8-10-20)12-14-3-2-6-17-11-14/h2-3,6,11,13,15H,4-5,7-10,12H2,1H3,(H,18,21). The van der Waals surface area contributed by atoms with E-state index in [-0.39, 0.29) is 11.9 Å². The van der Waals surface area contributed by atoms with E-state index in [4.69, 9.17) is 0 Å². The van der Waals surface area contributed by atoms with Crippen LogP contribution in [0.4, 0.5) is 0 Å². The third kappa shape index (κ3) is 4.02. The lowest BCUT2D eigenvalue weighted by molar-refractivity contribution is -0.126. The van der Waals surface area contributed by atoms with Gasteiger partial charge in [0.25, 0.3) is 0 Å². The van der Waals surface area contributed by atoms with E-state index < -0.39 is 0 Å². The third-order valence-corrected chi connectivity index (χ3v) is 4.39. The molecule has 5 nitrogen and oxygen atoms in total. The summed E-state index contributed by atoms with van der Waals surface area (Å²) in [5.74, 6) is 0.193. The van der Waals surface area contributed by atoms with Crippen LogP contribution in [0.25, 0.3) is 0 Å². The molecular weight excluding hydrogens is 264 g/mol. The van der Waals surface area contributed by atoms with E-state index >= 15 is 0 Å². The number of carbonyl (C=O) groups excluding carboxylic acids is 1. The Morgan fingerprint density at radius 3 is 2.76 bits per heavy atom. The van der Waals surface area contributed by atoms with Crippen molar-refractivity contribution in [3.63, 3.8) is 0 Å². The SMILES string of the molecule is CC(C(=O)NC1CC1)N1CCN(Cc2cccnc2)CC1. The largest absolute Gasteiger partial charge is 0.352 e. The van der Waals surface area contributed by atoms with Gasteiger partial charge >= 0.3 is 0 Å². The highest BCUT2D eigenvalue weighted by atomic mass is 16.2. The monoisotopic (exact) mass is 288 g/mol. The summed E-state index contributed by atoms with van der Waals surface area (Å²) in [6.07, 6.45) is 6.04. The molecule has 2 fully saturated rings. The van der Waals surface area contributed by atoms with Gasteiger partial charge < -0.3 is 5.32 Å². The lowest BCUT2D eigenvalue weighted by Gasteiger charge is -2.37. The molecular formula is C16H24N4O. The molecule has 5 heteroatoms. The van der Waals surface area contributed by atoms with Crippen LogP contribution >= 0.6 is 0 Å². The summed E-state index contributed by atoms with van der Waals surface area (Å²) in [4.78, 5) is 21.0. The van der Waals surface area contributed by atoms with Gasteiger partial charge in [-0.1, -0.05) is 6.07 Å². The summed E-state index contributed by atoms with van der Waals surface area (Å²) in [5.41, 5.74) is 1.26. The fourth-order valence-corrected chi connectivity index (χ4v) is 2.77. The number of carbonyl (C=O) groups is 1. The zero-order chi connectivity index (χ0) is 14.7. The minimum absolute atomic E-state index is 0.00820. The number of amides is 1. The summed E-state index contributed by atoms with van der Waals surface area (Å²) >= 11 is 0. The van der Waals surface area contributed by atoms with Crippen LogP contribution in [-0.2, 0) is 11.3 Å². The molecule has 1 aromatic rings. The summed E-state index contributed by atoms with van der Waals surface area (Å²) in [6.45, 7) is 6.91. The van der Waals surface area contributed by atoms with Crippen molar-refractivity contribution < 1.29 is 4.79 Å². The summed E-state index contributed by atoms with van der Waals surface area (Å²) in [6, 6.07) is 4.54. The zero-order valence-electron chi connectivity index (χ0n) is 12.7. The molecule has 1 unspecified atom stereocenters. The van der Waals surface area contributed by atoms with Crippen LogP contribution in [0, 0.1) is 0 Å². The van der Waals surface area contributed by atoms with Crippen molar-refractivity contribution in [2.24, 2.45) is 0 Å². The molecule has 1 atom stereocenters. The first kappa shape index (κ1) is 14.5. The second kappa shape index (κ2) is 6.54. The molecule has 0 radical (unpaired) electrons. The highest BCUT2D eigenvalue weighted by molar-refractivity contribution is 5.81. The summed E-state index contributed by atoms with van der Waals surface area (Å²) in [7, 11) is 0. The minimum Gasteiger partial charge on any atom is -0.352 e. The van der Waals surface area contributed by atoms with Crippen molar-refractivity contribution >= 4 is 5.91 Å². The Balaban J connectivity index is 1.44. The molecule has 0 bridgehead atoms. The average Bonchev–Trinajstić information content (AvgIpc) is 3.32. The molecule has 1 aromatic heterocycles. The lowest BCUT2D eigenvalue weighted by Crippen LogP contribution is -2.53. The van der Waals surface area contributed by atoms with Crippen LogP contribution in [0.5, 0.6) is 0 Å². The number of pyridine rings is 1. The Morgan fingerprint density at radius 2 is 2.14 bits per heavy atom. The van der Waals surface area contributed by atoms with E-state index in [1.165, 1.54) is 5.56 Å². The van der Waals surface area contributed by atoms with E-state index in [0.29, 0.717) is 6.04 Å². The predicted octanol–water partition coefficient (Wildman–Crippen LogP) is 0.866. The highest BCUT2D eigenvalue weighted by Crippen LogP contribution is 2.19. The number of hydrogen-bond acceptors (Lipinski definition) is 4. The van der Waals surface area contributed by atoms with E-state index in [1.807, 2.05) is 25.4 Å². The number of piperazine rings is 1. The number of rotatable bonds is 5. The van der Waals surface area contributed by atoms with Gasteiger partial charge in [-0.2, -0.15) is 0 Å². The highest BCUT2D eigenvalue weighted by Gasteiger charge is 2.29. The van der Waals surface area contributed by atoms with Gasteiger partial charge in [0.05, 0.1) is 6.04 Å². The average molecular weight is 288 g/mol. The maximum atomic E-state index is 12.1. The first-order valence-corrected chi connectivity index (χ1v) is 7.88. The van der Waals surface area contributed by atoms with Crippen LogP contribution in [0.2, 0.25) is 0 Å². The van der Waals surface area contributed by atoms with Crippen molar-refractivity contribution in [2.45, 2.75) is 38.4 Å². The molecule has 1 amide bonds. The maximum absolute atomic E-state index is 12.1. The van der Waals surface area contributed by atoms with Crippen molar-refractivity contribution in [1.82, 2.24) is 20.1 Å². The van der Waals surface area contributed by atoms with E-state index in [9.17, 15) is 4.79 Å². The van der Waals surface area contributed by atoms with Gasteiger partial charge in [0.1, 0.15) is 0 Å². The smallest absolute Gasteiger partial charge is 0.237 e. The van der Waals surface area contributed by atoms with Gasteiger partial charge in [-0.3, -0.25) is 19.6 Å². The molecule has 2 aliphatic rings. The van der Waals surface area contributed by atoms with E-state index in [2.05, 4.69) is 26.2 Å². The second-order valence-corrected chi connectivity index (χ2v) is 6.13. The van der Waals surface area contributed by atoms with Crippen LogP contribution < -0.4 is 5.32 Å². The molecule has 21 heavy (non-hydrogen) atoms. The van der Waals surface area contributed by atoms with Crippen LogP contribution in [0.3, 0.4) is 0 Å². The van der Waals surface area contributed by atoms with Crippen molar-refractivity contribution in [3.8, 4) is 0 Å². The van der Waals surface area contributed by atoms with Crippen molar-refractivity contribution in [1.29, 1.82) is 0 Å². The first-order valence-electron chi connectivity index (χ1n) is 7.88. The fourth-order valence-electron chi connectivity index (χ4n) is 2.77. The van der Waals surface area contributed by atoms with Gasteiger partial charge in [0.2, 0.25) is 5.91 Å². The molecule has 1 saturated heterocycles. The Hall–Kier alpha value is -1.46. The summed E-state index contributed by atoms with van der Waals surface area (Å²) < 4.78 is 0. The summed E-state index contributed by atoms with van der Waals surface area (Å²) in [5, 5.41) is 3.10. The van der Waals surface area contributed by atoms with Gasteiger partial charge in [-0.05, 0) is 31.4 Å². The van der Waals surface area contributed by atoms with E-state index in [1.54, 1.807) is 0 Å². The molecule has 1 aliphatic heterocycles. The lowest BCUT2D eigenvalue weighted by atomic mass is 10.2. The molecule has 0 spiro atoms. The van der Waals surface area contributed by atoms with Crippen LogP contribution in [0.1, 0.15) is 25.3 Å². The fraction of sp³-hybridized carbons (Fsp3) is 0.625. The molecule has 1 N–H and O–H groups in total. The quantitative estimate of drug-likeness (QED) is 0.873. The molecule has 3 rings (SSSR count). The van der Waals surface area contributed by atoms with Crippen molar-refractivity contribution in [3.05, 3.63) is 30.1 Å². The molecule has 0 aromatic carbocycles. The van der Waals surface area contributed by atoms with Gasteiger partial charge in [-0.15, -0.1) is 0 Å². The zero-order valence-corrected chi connectivity index (χ0v) is 12.7. The van der Waals surface area contributed by atoms with Gasteiger partial charge in [-0.25, -0.2) is 0 Å². The predicted molar refractivity (Wildman–Crippen MR) is 81.7 cm³/mol. The number of nitrogens with zero attached hydrogens (tertiary/aromatic N) is 3. The Bertz CT molecular complexity index is 466. The molecule has 1 aliphatic carbocycles. The second-order valence-electron chi connectivity index (χ2n) is 6.13. The van der Waals surface area contributed by atoms with Gasteiger partial charge in [0.15, 0.2) is 0 Å². The Labute approximate surface area is 126 Å². The Kier molecular flexibility index (Phi) is 4.51. The van der Waals surface area contributed by atoms with E-state index in [0.717, 1.165) is 45.6 Å². The van der Waals surface area contributed by atoms with Gasteiger partial charge in [0, 0.05) is 51.2 Å². The normalized spacial score (nSPS) is 22.0. The third-order valence-electron chi connectivity index (χ3n) is 4.39. The Morgan fingerprint density at radius 1 is 1.38 bits per heavy atom.